The zero-order chi connectivity index (χ0) is 25.3. The highest BCUT2D eigenvalue weighted by Gasteiger charge is 2.49. The molecule has 0 radical (unpaired) electrons. The number of likely N-dealkylation sites (tertiary alicyclic amines) is 1. The number of hydrogen-bond donors (Lipinski definition) is 2. The molecule has 1 amide bonds. The van der Waals surface area contributed by atoms with Crippen LogP contribution in [0.5, 0.6) is 0 Å². The van der Waals surface area contributed by atoms with Gasteiger partial charge in [0.15, 0.2) is 0 Å². The van der Waals surface area contributed by atoms with Crippen LogP contribution in [0, 0.1) is 22.0 Å². The van der Waals surface area contributed by atoms with E-state index in [0.29, 0.717) is 24.8 Å². The van der Waals surface area contributed by atoms with Gasteiger partial charge in [-0.2, -0.15) is 0 Å². The van der Waals surface area contributed by atoms with Crippen LogP contribution >= 0.6 is 0 Å². The van der Waals surface area contributed by atoms with Gasteiger partial charge < -0.3 is 19.9 Å². The van der Waals surface area contributed by atoms with Crippen LogP contribution in [0.25, 0.3) is 0 Å². The lowest BCUT2D eigenvalue weighted by Gasteiger charge is -2.48. The molecule has 0 bridgehead atoms. The molecule has 2 heterocycles. The normalized spacial score (nSPS) is 36.4. The number of hydrogen-bond acceptors (Lipinski definition) is 7. The predicted molar refractivity (Wildman–Crippen MR) is 128 cm³/mol. The lowest BCUT2D eigenvalue weighted by Crippen LogP contribution is -2.60. The first-order chi connectivity index (χ1) is 16.5. The van der Waals surface area contributed by atoms with Gasteiger partial charge in [-0.05, 0) is 52.4 Å². The van der Waals surface area contributed by atoms with E-state index in [-0.39, 0.29) is 36.0 Å². The Morgan fingerprint density at radius 1 is 1.03 bits per heavy atom. The van der Waals surface area contributed by atoms with Gasteiger partial charge in [0.05, 0.1) is 18.8 Å². The summed E-state index contributed by atoms with van der Waals surface area (Å²) in [4.78, 5) is 37.3. The summed E-state index contributed by atoms with van der Waals surface area (Å²) in [6.45, 7) is 5.40. The molecular weight excluding hydrogens is 454 g/mol. The van der Waals surface area contributed by atoms with E-state index < -0.39 is 35.9 Å². The van der Waals surface area contributed by atoms with E-state index in [9.17, 15) is 24.8 Å². The first-order valence-electron chi connectivity index (χ1n) is 13.3. The van der Waals surface area contributed by atoms with Crippen molar-refractivity contribution in [1.82, 2.24) is 10.2 Å². The average molecular weight is 496 g/mol. The average Bonchev–Trinajstić information content (AvgIpc) is 3.22. The number of rotatable bonds is 5. The SMILES string of the molecule is CC(C)(C)OC(=O)N1CC(OC2CC(C3CCCCC3)NC3CCC([N+](=O)[O-])CC32)C[C@@H]1C(=O)O. The van der Waals surface area contributed by atoms with Crippen molar-refractivity contribution in [2.24, 2.45) is 11.8 Å². The van der Waals surface area contributed by atoms with Crippen LogP contribution < -0.4 is 5.32 Å². The summed E-state index contributed by atoms with van der Waals surface area (Å²) >= 11 is 0. The Balaban J connectivity index is 1.49. The minimum atomic E-state index is -1.07. The zero-order valence-corrected chi connectivity index (χ0v) is 21.2. The molecule has 0 spiro atoms. The minimum Gasteiger partial charge on any atom is -0.480 e. The second kappa shape index (κ2) is 10.6. The molecular formula is C25H41N3O7. The van der Waals surface area contributed by atoms with E-state index in [4.69, 9.17) is 9.47 Å². The summed E-state index contributed by atoms with van der Waals surface area (Å²) in [5, 5.41) is 25.2. The van der Waals surface area contributed by atoms with Gasteiger partial charge >= 0.3 is 12.1 Å². The van der Waals surface area contributed by atoms with Gasteiger partial charge in [0.2, 0.25) is 6.04 Å². The van der Waals surface area contributed by atoms with Crippen molar-refractivity contribution in [2.75, 3.05) is 6.54 Å². The number of nitrogens with zero attached hydrogens (tertiary/aromatic N) is 2. The smallest absolute Gasteiger partial charge is 0.411 e. The molecule has 2 saturated heterocycles. The lowest BCUT2D eigenvalue weighted by atomic mass is 9.70. The second-order valence-corrected chi connectivity index (χ2v) is 11.9. The Morgan fingerprint density at radius 2 is 1.74 bits per heavy atom. The van der Waals surface area contributed by atoms with Crippen molar-refractivity contribution in [1.29, 1.82) is 0 Å². The topological polar surface area (TPSA) is 131 Å². The Kier molecular flexibility index (Phi) is 7.90. The van der Waals surface area contributed by atoms with E-state index in [1.54, 1.807) is 20.8 Å². The third kappa shape index (κ3) is 6.25. The van der Waals surface area contributed by atoms with Crippen LogP contribution in [-0.4, -0.2) is 75.5 Å². The van der Waals surface area contributed by atoms with Crippen molar-refractivity contribution in [3.63, 3.8) is 0 Å². The van der Waals surface area contributed by atoms with Gasteiger partial charge in [-0.15, -0.1) is 0 Å². The number of nitro groups is 1. The summed E-state index contributed by atoms with van der Waals surface area (Å²) in [6, 6.07) is -1.08. The highest BCUT2D eigenvalue weighted by Crippen LogP contribution is 2.40. The monoisotopic (exact) mass is 495 g/mol. The largest absolute Gasteiger partial charge is 0.480 e. The molecule has 0 aromatic rings. The molecule has 0 aromatic heterocycles. The fourth-order valence-corrected chi connectivity index (χ4v) is 6.68. The third-order valence-corrected chi connectivity index (χ3v) is 8.32. The van der Waals surface area contributed by atoms with Crippen LogP contribution in [0.3, 0.4) is 0 Å². The highest BCUT2D eigenvalue weighted by molar-refractivity contribution is 5.81. The quantitative estimate of drug-likeness (QED) is 0.437. The minimum absolute atomic E-state index is 0.0119. The molecule has 2 N–H and O–H groups in total. The van der Waals surface area contributed by atoms with E-state index in [1.165, 1.54) is 37.0 Å². The number of carboxylic acids is 1. The van der Waals surface area contributed by atoms with Crippen LogP contribution in [-0.2, 0) is 14.3 Å². The highest BCUT2D eigenvalue weighted by atomic mass is 16.6. The van der Waals surface area contributed by atoms with E-state index in [1.807, 2.05) is 0 Å². The summed E-state index contributed by atoms with van der Waals surface area (Å²) in [5.74, 6) is -0.480. The number of amides is 1. The fraction of sp³-hybridized carbons (Fsp3) is 0.920. The van der Waals surface area contributed by atoms with Crippen LogP contribution in [0.4, 0.5) is 4.79 Å². The van der Waals surface area contributed by atoms with E-state index in [2.05, 4.69) is 5.32 Å². The van der Waals surface area contributed by atoms with Gasteiger partial charge in [0.1, 0.15) is 11.6 Å². The van der Waals surface area contributed by atoms with Crippen molar-refractivity contribution in [3.05, 3.63) is 10.1 Å². The number of carboxylic acid groups (broad SMARTS) is 1. The number of piperidine rings is 1. The zero-order valence-electron chi connectivity index (χ0n) is 21.2. The van der Waals surface area contributed by atoms with Crippen LogP contribution in [0.1, 0.15) is 85.0 Å². The molecule has 10 heteroatoms. The lowest BCUT2D eigenvalue weighted by molar-refractivity contribution is -0.529. The van der Waals surface area contributed by atoms with Crippen molar-refractivity contribution < 1.29 is 29.1 Å². The van der Waals surface area contributed by atoms with Crippen molar-refractivity contribution >= 4 is 12.1 Å². The van der Waals surface area contributed by atoms with Gasteiger partial charge in [-0.25, -0.2) is 9.59 Å². The van der Waals surface area contributed by atoms with Gasteiger partial charge in [-0.3, -0.25) is 15.0 Å². The molecule has 4 fully saturated rings. The molecule has 2 saturated carbocycles. The Hall–Kier alpha value is -1.94. The molecule has 2 aliphatic heterocycles. The molecule has 6 unspecified atom stereocenters. The number of nitrogens with one attached hydrogen (secondary N) is 1. The third-order valence-electron chi connectivity index (χ3n) is 8.32. The first kappa shape index (κ1) is 26.1. The predicted octanol–water partition coefficient (Wildman–Crippen LogP) is 3.59. The van der Waals surface area contributed by atoms with Crippen molar-refractivity contribution in [2.45, 2.75) is 127 Å². The van der Waals surface area contributed by atoms with E-state index >= 15 is 0 Å². The number of aliphatic carboxylic acids is 1. The van der Waals surface area contributed by atoms with E-state index in [0.717, 1.165) is 12.8 Å². The second-order valence-electron chi connectivity index (χ2n) is 11.9. The van der Waals surface area contributed by atoms with Gasteiger partial charge in [-0.1, -0.05) is 19.3 Å². The van der Waals surface area contributed by atoms with Gasteiger partial charge in [0, 0.05) is 42.2 Å². The summed E-state index contributed by atoms with van der Waals surface area (Å²) in [5.41, 5.74) is -0.728. The molecule has 4 rings (SSSR count). The molecule has 2 aliphatic carbocycles. The molecule has 10 nitrogen and oxygen atoms in total. The summed E-state index contributed by atoms with van der Waals surface area (Å²) in [7, 11) is 0. The maximum absolute atomic E-state index is 12.7. The van der Waals surface area contributed by atoms with Gasteiger partial charge in [0.25, 0.3) is 0 Å². The van der Waals surface area contributed by atoms with Crippen LogP contribution in [0.15, 0.2) is 0 Å². The summed E-state index contributed by atoms with van der Waals surface area (Å²) in [6.07, 6.45) is 7.63. The number of carbonyl (C=O) groups excluding carboxylic acids is 1. The Morgan fingerprint density at radius 3 is 2.37 bits per heavy atom. The van der Waals surface area contributed by atoms with Crippen molar-refractivity contribution in [3.8, 4) is 0 Å². The first-order valence-corrected chi connectivity index (χ1v) is 13.3. The molecule has 7 atom stereocenters. The Bertz CT molecular complexity index is 794. The fourth-order valence-electron chi connectivity index (χ4n) is 6.68. The molecule has 0 aromatic carbocycles. The standard InChI is InChI=1S/C25H41N3O7/c1-25(2,3)35-24(31)27-14-17(12-21(27)23(29)30)34-22-13-20(15-7-5-4-6-8-15)26-19-10-9-16(28(32)33)11-18(19)22/h15-22,26H,4-14H2,1-3H3,(H,29,30)/t16?,17?,18?,19?,20?,21-,22?/m1/s1. The number of ether oxygens (including phenoxy) is 2. The molecule has 198 valence electrons. The Labute approximate surface area is 207 Å². The summed E-state index contributed by atoms with van der Waals surface area (Å²) < 4.78 is 12.0. The maximum atomic E-state index is 12.7. The number of fused-ring (bicyclic) bond motifs is 1. The number of carbonyl (C=O) groups is 2. The maximum Gasteiger partial charge on any atom is 0.411 e. The molecule has 4 aliphatic rings. The van der Waals surface area contributed by atoms with Crippen LogP contribution in [0.2, 0.25) is 0 Å². The molecule has 35 heavy (non-hydrogen) atoms.